The van der Waals surface area contributed by atoms with Crippen LogP contribution in [0.5, 0.6) is 0 Å². The minimum Gasteiger partial charge on any atom is -0.383 e. The molecule has 0 saturated carbocycles. The van der Waals surface area contributed by atoms with E-state index >= 15 is 0 Å². The second kappa shape index (κ2) is 5.98. The van der Waals surface area contributed by atoms with Crippen molar-refractivity contribution in [3.05, 3.63) is 30.1 Å². The highest BCUT2D eigenvalue weighted by atomic mass is 16.5. The molecule has 0 radical (unpaired) electrons. The number of rotatable bonds is 6. The molecule has 0 bridgehead atoms. The summed E-state index contributed by atoms with van der Waals surface area (Å²) in [5.74, 6) is 1.08. The van der Waals surface area contributed by atoms with Crippen molar-refractivity contribution in [2.24, 2.45) is 0 Å². The summed E-state index contributed by atoms with van der Waals surface area (Å²) in [5, 5.41) is 3.43. The van der Waals surface area contributed by atoms with Gasteiger partial charge in [0.15, 0.2) is 0 Å². The molecule has 0 fully saturated rings. The van der Waals surface area contributed by atoms with E-state index in [9.17, 15) is 0 Å². The van der Waals surface area contributed by atoms with Gasteiger partial charge in [0.1, 0.15) is 5.82 Å². The molecule has 4 nitrogen and oxygen atoms in total. The number of imidazole rings is 1. The lowest BCUT2D eigenvalue weighted by molar-refractivity contribution is 0.171. The molecule has 0 spiro atoms. The number of nitrogens with one attached hydrogen (secondary N) is 1. The number of hydrogen-bond donors (Lipinski definition) is 1. The molecule has 2 aromatic rings. The zero-order valence-electron chi connectivity index (χ0n) is 11.3. The highest BCUT2D eigenvalue weighted by Crippen LogP contribution is 2.15. The quantitative estimate of drug-likeness (QED) is 0.850. The van der Waals surface area contributed by atoms with Gasteiger partial charge in [-0.15, -0.1) is 0 Å². The molecule has 1 unspecified atom stereocenters. The minimum atomic E-state index is 0.333. The number of hydrogen-bond acceptors (Lipinski definition) is 3. The van der Waals surface area contributed by atoms with Crippen LogP contribution in [0.4, 0.5) is 0 Å². The van der Waals surface area contributed by atoms with E-state index in [1.165, 1.54) is 5.52 Å². The van der Waals surface area contributed by atoms with Crippen molar-refractivity contribution < 1.29 is 4.74 Å². The topological polar surface area (TPSA) is 39.1 Å². The number of aromatic nitrogens is 2. The normalized spacial score (nSPS) is 13.1. The number of para-hydroxylation sites is 2. The summed E-state index contributed by atoms with van der Waals surface area (Å²) in [5.41, 5.74) is 2.27. The summed E-state index contributed by atoms with van der Waals surface area (Å²) < 4.78 is 7.37. The van der Waals surface area contributed by atoms with Crippen LogP contribution in [0.15, 0.2) is 24.3 Å². The fourth-order valence-corrected chi connectivity index (χ4v) is 2.19. The van der Waals surface area contributed by atoms with Crippen molar-refractivity contribution in [2.75, 3.05) is 13.7 Å². The third-order valence-electron chi connectivity index (χ3n) is 3.08. The number of fused-ring (bicyclic) bond motifs is 1. The van der Waals surface area contributed by atoms with Gasteiger partial charge in [0.05, 0.1) is 24.2 Å². The third kappa shape index (κ3) is 2.71. The highest BCUT2D eigenvalue weighted by molar-refractivity contribution is 5.75. The molecule has 0 saturated heterocycles. The maximum Gasteiger partial charge on any atom is 0.123 e. The van der Waals surface area contributed by atoms with E-state index < -0.39 is 0 Å². The monoisotopic (exact) mass is 247 g/mol. The predicted octanol–water partition coefficient (Wildman–Crippen LogP) is 2.18. The maximum absolute atomic E-state index is 5.12. The van der Waals surface area contributed by atoms with Gasteiger partial charge in [0.2, 0.25) is 0 Å². The van der Waals surface area contributed by atoms with Crippen molar-refractivity contribution >= 4 is 11.0 Å². The first-order valence-electron chi connectivity index (χ1n) is 6.42. The van der Waals surface area contributed by atoms with E-state index in [1.54, 1.807) is 7.11 Å². The van der Waals surface area contributed by atoms with E-state index in [0.717, 1.165) is 24.4 Å². The van der Waals surface area contributed by atoms with Gasteiger partial charge in [-0.05, 0) is 26.0 Å². The summed E-state index contributed by atoms with van der Waals surface area (Å²) in [4.78, 5) is 4.68. The van der Waals surface area contributed by atoms with Crippen molar-refractivity contribution in [1.82, 2.24) is 14.9 Å². The third-order valence-corrected chi connectivity index (χ3v) is 3.08. The zero-order valence-corrected chi connectivity index (χ0v) is 11.3. The molecule has 2 rings (SSSR count). The van der Waals surface area contributed by atoms with Crippen molar-refractivity contribution in [2.45, 2.75) is 33.0 Å². The first kappa shape index (κ1) is 13.1. The minimum absolute atomic E-state index is 0.333. The lowest BCUT2D eigenvalue weighted by Gasteiger charge is -2.13. The Morgan fingerprint density at radius 1 is 1.39 bits per heavy atom. The van der Waals surface area contributed by atoms with E-state index in [0.29, 0.717) is 12.6 Å². The Labute approximate surface area is 108 Å². The highest BCUT2D eigenvalue weighted by Gasteiger charge is 2.09. The molecule has 1 aromatic carbocycles. The van der Waals surface area contributed by atoms with Crippen LogP contribution in [-0.2, 0) is 17.8 Å². The van der Waals surface area contributed by atoms with Gasteiger partial charge in [-0.1, -0.05) is 12.1 Å². The maximum atomic E-state index is 5.12. The van der Waals surface area contributed by atoms with Gasteiger partial charge < -0.3 is 14.6 Å². The van der Waals surface area contributed by atoms with E-state index in [1.807, 2.05) is 6.07 Å². The van der Waals surface area contributed by atoms with Gasteiger partial charge in [0.25, 0.3) is 0 Å². The molecule has 1 aromatic heterocycles. The standard InChI is InChI=1S/C14H21N3O/c1-4-17-13-8-6-5-7-12(13)16-14(17)9-15-11(2)10-18-3/h5-8,11,15H,4,9-10H2,1-3H3. The second-order valence-electron chi connectivity index (χ2n) is 4.50. The Morgan fingerprint density at radius 3 is 2.89 bits per heavy atom. The van der Waals surface area contributed by atoms with Gasteiger partial charge >= 0.3 is 0 Å². The van der Waals surface area contributed by atoms with Crippen LogP contribution >= 0.6 is 0 Å². The SMILES string of the molecule is CCn1c(CNC(C)COC)nc2ccccc21. The van der Waals surface area contributed by atoms with Crippen molar-refractivity contribution in [1.29, 1.82) is 0 Å². The average molecular weight is 247 g/mol. The molecule has 0 aliphatic carbocycles. The molecular formula is C14H21N3O. The number of nitrogens with zero attached hydrogens (tertiary/aromatic N) is 2. The van der Waals surface area contributed by atoms with Crippen LogP contribution in [-0.4, -0.2) is 29.3 Å². The molecule has 0 amide bonds. The summed E-state index contributed by atoms with van der Waals surface area (Å²) in [6, 6.07) is 8.60. The summed E-state index contributed by atoms with van der Waals surface area (Å²) in [7, 11) is 1.72. The summed E-state index contributed by atoms with van der Waals surface area (Å²) in [6.07, 6.45) is 0. The Balaban J connectivity index is 2.17. The summed E-state index contributed by atoms with van der Waals surface area (Å²) in [6.45, 7) is 6.69. The average Bonchev–Trinajstić information content (AvgIpc) is 2.74. The molecule has 1 atom stereocenters. The van der Waals surface area contributed by atoms with Crippen LogP contribution in [0, 0.1) is 0 Å². The smallest absolute Gasteiger partial charge is 0.123 e. The molecule has 4 heteroatoms. The lowest BCUT2D eigenvalue weighted by Crippen LogP contribution is -2.30. The molecule has 1 heterocycles. The van der Waals surface area contributed by atoms with E-state index in [4.69, 9.17) is 4.74 Å². The van der Waals surface area contributed by atoms with E-state index in [-0.39, 0.29) is 0 Å². The molecular weight excluding hydrogens is 226 g/mol. The molecule has 0 aliphatic rings. The largest absolute Gasteiger partial charge is 0.383 e. The fraction of sp³-hybridized carbons (Fsp3) is 0.500. The van der Waals surface area contributed by atoms with Gasteiger partial charge in [-0.3, -0.25) is 0 Å². The van der Waals surface area contributed by atoms with Crippen LogP contribution in [0.1, 0.15) is 19.7 Å². The Morgan fingerprint density at radius 2 is 2.17 bits per heavy atom. The van der Waals surface area contributed by atoms with Gasteiger partial charge in [-0.2, -0.15) is 0 Å². The Kier molecular flexibility index (Phi) is 4.33. The summed E-state index contributed by atoms with van der Waals surface area (Å²) >= 11 is 0. The van der Waals surface area contributed by atoms with Crippen LogP contribution < -0.4 is 5.32 Å². The predicted molar refractivity (Wildman–Crippen MR) is 73.6 cm³/mol. The molecule has 18 heavy (non-hydrogen) atoms. The number of aryl methyl sites for hydroxylation is 1. The van der Waals surface area contributed by atoms with Crippen molar-refractivity contribution in [3.63, 3.8) is 0 Å². The molecule has 98 valence electrons. The molecule has 0 aliphatic heterocycles. The van der Waals surface area contributed by atoms with E-state index in [2.05, 4.69) is 46.9 Å². The first-order chi connectivity index (χ1) is 8.76. The van der Waals surface area contributed by atoms with Gasteiger partial charge in [-0.25, -0.2) is 4.98 Å². The zero-order chi connectivity index (χ0) is 13.0. The first-order valence-corrected chi connectivity index (χ1v) is 6.42. The second-order valence-corrected chi connectivity index (χ2v) is 4.50. The van der Waals surface area contributed by atoms with Crippen LogP contribution in [0.3, 0.4) is 0 Å². The van der Waals surface area contributed by atoms with Gasteiger partial charge in [0, 0.05) is 19.7 Å². The number of benzene rings is 1. The fourth-order valence-electron chi connectivity index (χ4n) is 2.19. The van der Waals surface area contributed by atoms with Crippen LogP contribution in [0.25, 0.3) is 11.0 Å². The number of ether oxygens (including phenoxy) is 1. The Hall–Kier alpha value is -1.39. The van der Waals surface area contributed by atoms with Crippen molar-refractivity contribution in [3.8, 4) is 0 Å². The lowest BCUT2D eigenvalue weighted by atomic mass is 10.3. The molecule has 1 N–H and O–H groups in total. The number of methoxy groups -OCH3 is 1. The van der Waals surface area contributed by atoms with Crippen LogP contribution in [0.2, 0.25) is 0 Å². The Bertz CT molecular complexity index is 507.